The Morgan fingerprint density at radius 1 is 1.28 bits per heavy atom. The van der Waals surface area contributed by atoms with Crippen LogP contribution in [0.5, 0.6) is 0 Å². The van der Waals surface area contributed by atoms with E-state index in [4.69, 9.17) is 5.26 Å². The molecule has 3 heteroatoms. The van der Waals surface area contributed by atoms with Crippen molar-refractivity contribution in [2.45, 2.75) is 38.4 Å². The van der Waals surface area contributed by atoms with E-state index in [0.29, 0.717) is 18.5 Å². The molecular weight excluding hydrogens is 222 g/mol. The summed E-state index contributed by atoms with van der Waals surface area (Å²) in [7, 11) is 0. The van der Waals surface area contributed by atoms with Crippen LogP contribution in [0.25, 0.3) is 0 Å². The SMILES string of the molecule is CC1CN(C(CC#N)c2ccccc2)CC(C)N1. The topological polar surface area (TPSA) is 39.1 Å². The molecule has 2 rings (SSSR count). The first-order valence-corrected chi connectivity index (χ1v) is 6.62. The summed E-state index contributed by atoms with van der Waals surface area (Å²) in [4.78, 5) is 2.43. The second kappa shape index (κ2) is 5.99. The van der Waals surface area contributed by atoms with Crippen LogP contribution in [-0.4, -0.2) is 30.1 Å². The molecular formula is C15H21N3. The Bertz CT molecular complexity index is 399. The van der Waals surface area contributed by atoms with Crippen molar-refractivity contribution in [1.29, 1.82) is 5.26 Å². The van der Waals surface area contributed by atoms with Gasteiger partial charge in [0.05, 0.1) is 12.5 Å². The summed E-state index contributed by atoms with van der Waals surface area (Å²) < 4.78 is 0. The van der Waals surface area contributed by atoms with Gasteiger partial charge in [-0.15, -0.1) is 0 Å². The maximum atomic E-state index is 9.07. The molecule has 0 saturated carbocycles. The lowest BCUT2D eigenvalue weighted by molar-refractivity contribution is 0.124. The van der Waals surface area contributed by atoms with Crippen molar-refractivity contribution in [3.05, 3.63) is 35.9 Å². The van der Waals surface area contributed by atoms with Crippen molar-refractivity contribution >= 4 is 0 Å². The number of nitriles is 1. The van der Waals surface area contributed by atoms with Crippen molar-refractivity contribution in [3.63, 3.8) is 0 Å². The van der Waals surface area contributed by atoms with Gasteiger partial charge in [0.25, 0.3) is 0 Å². The molecule has 0 aromatic heterocycles. The van der Waals surface area contributed by atoms with Crippen molar-refractivity contribution in [1.82, 2.24) is 10.2 Å². The second-order valence-electron chi connectivity index (χ2n) is 5.21. The van der Waals surface area contributed by atoms with Crippen LogP contribution in [0, 0.1) is 11.3 Å². The summed E-state index contributed by atoms with van der Waals surface area (Å²) in [5.41, 5.74) is 1.25. The molecule has 0 bridgehead atoms. The lowest BCUT2D eigenvalue weighted by Gasteiger charge is -2.40. The maximum Gasteiger partial charge on any atom is 0.0641 e. The fourth-order valence-electron chi connectivity index (χ4n) is 2.84. The molecule has 0 radical (unpaired) electrons. The highest BCUT2D eigenvalue weighted by Gasteiger charge is 2.27. The van der Waals surface area contributed by atoms with Gasteiger partial charge >= 0.3 is 0 Å². The normalized spacial score (nSPS) is 26.5. The van der Waals surface area contributed by atoms with Crippen LogP contribution in [0.2, 0.25) is 0 Å². The average molecular weight is 243 g/mol. The molecule has 0 amide bonds. The van der Waals surface area contributed by atoms with E-state index in [9.17, 15) is 0 Å². The van der Waals surface area contributed by atoms with Crippen molar-refractivity contribution in [2.75, 3.05) is 13.1 Å². The fourth-order valence-corrected chi connectivity index (χ4v) is 2.84. The Morgan fingerprint density at radius 3 is 2.44 bits per heavy atom. The van der Waals surface area contributed by atoms with Crippen LogP contribution in [0.3, 0.4) is 0 Å². The van der Waals surface area contributed by atoms with E-state index in [0.717, 1.165) is 13.1 Å². The molecule has 1 aromatic rings. The van der Waals surface area contributed by atoms with E-state index in [1.165, 1.54) is 5.56 Å². The summed E-state index contributed by atoms with van der Waals surface area (Å²) in [6, 6.07) is 13.9. The smallest absolute Gasteiger partial charge is 0.0641 e. The number of hydrogen-bond acceptors (Lipinski definition) is 3. The van der Waals surface area contributed by atoms with E-state index in [-0.39, 0.29) is 6.04 Å². The zero-order chi connectivity index (χ0) is 13.0. The maximum absolute atomic E-state index is 9.07. The Hall–Kier alpha value is -1.37. The minimum Gasteiger partial charge on any atom is -0.309 e. The highest BCUT2D eigenvalue weighted by Crippen LogP contribution is 2.25. The third-order valence-corrected chi connectivity index (χ3v) is 3.50. The Labute approximate surface area is 109 Å². The van der Waals surface area contributed by atoms with E-state index in [2.05, 4.69) is 54.4 Å². The third kappa shape index (κ3) is 3.10. The molecule has 0 spiro atoms. The van der Waals surface area contributed by atoms with Gasteiger partial charge in [0.15, 0.2) is 0 Å². The molecule has 1 heterocycles. The number of nitrogens with zero attached hydrogens (tertiary/aromatic N) is 2. The van der Waals surface area contributed by atoms with E-state index in [1.807, 2.05) is 6.07 Å². The minimum absolute atomic E-state index is 0.225. The number of benzene rings is 1. The number of rotatable bonds is 3. The fraction of sp³-hybridized carbons (Fsp3) is 0.533. The van der Waals surface area contributed by atoms with Crippen LogP contribution >= 0.6 is 0 Å². The molecule has 0 aliphatic carbocycles. The Morgan fingerprint density at radius 2 is 1.89 bits per heavy atom. The highest BCUT2D eigenvalue weighted by molar-refractivity contribution is 5.20. The summed E-state index contributed by atoms with van der Waals surface area (Å²) in [5.74, 6) is 0. The quantitative estimate of drug-likeness (QED) is 0.885. The first kappa shape index (κ1) is 13.1. The molecule has 3 unspecified atom stereocenters. The molecule has 1 fully saturated rings. The summed E-state index contributed by atoms with van der Waals surface area (Å²) in [5, 5.41) is 12.6. The second-order valence-corrected chi connectivity index (χ2v) is 5.21. The molecule has 3 atom stereocenters. The largest absolute Gasteiger partial charge is 0.309 e. The zero-order valence-electron chi connectivity index (χ0n) is 11.1. The highest BCUT2D eigenvalue weighted by atomic mass is 15.2. The van der Waals surface area contributed by atoms with Gasteiger partial charge in [0, 0.05) is 31.2 Å². The third-order valence-electron chi connectivity index (χ3n) is 3.50. The van der Waals surface area contributed by atoms with Crippen LogP contribution < -0.4 is 5.32 Å². The van der Waals surface area contributed by atoms with Crippen LogP contribution in [0.4, 0.5) is 0 Å². The van der Waals surface area contributed by atoms with Gasteiger partial charge in [-0.05, 0) is 19.4 Å². The van der Waals surface area contributed by atoms with Crippen molar-refractivity contribution < 1.29 is 0 Å². The molecule has 1 aromatic carbocycles. The van der Waals surface area contributed by atoms with Gasteiger partial charge in [-0.3, -0.25) is 4.90 Å². The van der Waals surface area contributed by atoms with Gasteiger partial charge in [0.2, 0.25) is 0 Å². The van der Waals surface area contributed by atoms with Gasteiger partial charge in [-0.25, -0.2) is 0 Å². The number of piperazine rings is 1. The molecule has 1 aliphatic heterocycles. The minimum atomic E-state index is 0.225. The van der Waals surface area contributed by atoms with Gasteiger partial charge < -0.3 is 5.32 Å². The van der Waals surface area contributed by atoms with E-state index >= 15 is 0 Å². The van der Waals surface area contributed by atoms with Gasteiger partial charge in [0.1, 0.15) is 0 Å². The summed E-state index contributed by atoms with van der Waals surface area (Å²) >= 11 is 0. The van der Waals surface area contributed by atoms with Gasteiger partial charge in [-0.2, -0.15) is 5.26 Å². The standard InChI is InChI=1S/C15H21N3/c1-12-10-18(11-13(2)17-12)15(8-9-16)14-6-4-3-5-7-14/h3-7,12-13,15,17H,8,10-11H2,1-2H3. The van der Waals surface area contributed by atoms with Crippen molar-refractivity contribution in [3.8, 4) is 6.07 Å². The first-order chi connectivity index (χ1) is 8.70. The number of hydrogen-bond donors (Lipinski definition) is 1. The summed E-state index contributed by atoms with van der Waals surface area (Å²) in [6.45, 7) is 6.42. The Balaban J connectivity index is 2.17. The predicted molar refractivity (Wildman–Crippen MR) is 73.0 cm³/mol. The molecule has 1 aliphatic rings. The molecule has 3 nitrogen and oxygen atoms in total. The van der Waals surface area contributed by atoms with E-state index in [1.54, 1.807) is 0 Å². The van der Waals surface area contributed by atoms with Crippen LogP contribution in [0.1, 0.15) is 31.9 Å². The van der Waals surface area contributed by atoms with Crippen LogP contribution in [-0.2, 0) is 0 Å². The molecule has 96 valence electrons. The zero-order valence-corrected chi connectivity index (χ0v) is 11.1. The molecule has 18 heavy (non-hydrogen) atoms. The average Bonchev–Trinajstić information content (AvgIpc) is 2.36. The van der Waals surface area contributed by atoms with E-state index < -0.39 is 0 Å². The lowest BCUT2D eigenvalue weighted by Crippen LogP contribution is -2.54. The lowest BCUT2D eigenvalue weighted by atomic mass is 9.99. The van der Waals surface area contributed by atoms with Crippen LogP contribution in [0.15, 0.2) is 30.3 Å². The first-order valence-electron chi connectivity index (χ1n) is 6.62. The van der Waals surface area contributed by atoms with Gasteiger partial charge in [-0.1, -0.05) is 30.3 Å². The monoisotopic (exact) mass is 243 g/mol. The Kier molecular flexibility index (Phi) is 4.35. The molecule has 1 N–H and O–H groups in total. The molecule has 1 saturated heterocycles. The summed E-state index contributed by atoms with van der Waals surface area (Å²) in [6.07, 6.45) is 0.559. The van der Waals surface area contributed by atoms with Crippen molar-refractivity contribution in [2.24, 2.45) is 0 Å². The predicted octanol–water partition coefficient (Wildman–Crippen LogP) is 2.32. The number of nitrogens with one attached hydrogen (secondary N) is 1.